The topological polar surface area (TPSA) is 43.6 Å². The summed E-state index contributed by atoms with van der Waals surface area (Å²) in [6, 6.07) is 1.89. The van der Waals surface area contributed by atoms with Crippen molar-refractivity contribution < 1.29 is 4.74 Å². The highest BCUT2D eigenvalue weighted by Gasteiger charge is 2.14. The summed E-state index contributed by atoms with van der Waals surface area (Å²) < 4.78 is 7.46. The molecule has 2 heterocycles. The number of fused-ring (bicyclic) bond motifs is 1. The molecule has 4 nitrogen and oxygen atoms in total. The highest BCUT2D eigenvalue weighted by Crippen LogP contribution is 2.26. The van der Waals surface area contributed by atoms with Crippen LogP contribution in [0, 0.1) is 0 Å². The van der Waals surface area contributed by atoms with E-state index in [4.69, 9.17) is 4.74 Å². The van der Waals surface area contributed by atoms with Crippen LogP contribution in [0.15, 0.2) is 29.3 Å². The monoisotopic (exact) mass is 286 g/mol. The van der Waals surface area contributed by atoms with Crippen LogP contribution < -0.4 is 10.3 Å². The zero-order valence-corrected chi connectivity index (χ0v) is 13.3. The van der Waals surface area contributed by atoms with E-state index in [1.54, 1.807) is 16.8 Å². The van der Waals surface area contributed by atoms with Gasteiger partial charge in [0.15, 0.2) is 11.4 Å². The van der Waals surface area contributed by atoms with Crippen LogP contribution >= 0.6 is 0 Å². The van der Waals surface area contributed by atoms with Crippen LogP contribution in [0.4, 0.5) is 0 Å². The standard InChI is InChI=1S/C17H22N2O2/c1-6-7-13-8-9-19-16(15(13)21-12(4)5)18-10-14(11(2)3)17(19)20/h6-12H,1-5H3/b7-6-. The van der Waals surface area contributed by atoms with Gasteiger partial charge in [0.2, 0.25) is 0 Å². The average Bonchev–Trinajstić information content (AvgIpc) is 2.41. The van der Waals surface area contributed by atoms with Crippen molar-refractivity contribution in [2.24, 2.45) is 0 Å². The maximum atomic E-state index is 12.5. The van der Waals surface area contributed by atoms with Crippen molar-refractivity contribution in [3.8, 4) is 5.75 Å². The Morgan fingerprint density at radius 1 is 1.29 bits per heavy atom. The molecule has 0 bridgehead atoms. The van der Waals surface area contributed by atoms with Gasteiger partial charge in [0.1, 0.15) is 0 Å². The first-order valence-corrected chi connectivity index (χ1v) is 7.29. The fourth-order valence-electron chi connectivity index (χ4n) is 2.21. The van der Waals surface area contributed by atoms with Crippen LogP contribution in [-0.2, 0) is 0 Å². The van der Waals surface area contributed by atoms with Gasteiger partial charge in [-0.2, -0.15) is 0 Å². The molecule has 0 radical (unpaired) electrons. The maximum absolute atomic E-state index is 12.5. The van der Waals surface area contributed by atoms with Gasteiger partial charge in [-0.3, -0.25) is 9.20 Å². The molecule has 4 heteroatoms. The third-order valence-corrected chi connectivity index (χ3v) is 3.21. The molecule has 0 N–H and O–H groups in total. The van der Waals surface area contributed by atoms with Crippen molar-refractivity contribution in [3.63, 3.8) is 0 Å². The van der Waals surface area contributed by atoms with Gasteiger partial charge in [-0.25, -0.2) is 4.98 Å². The van der Waals surface area contributed by atoms with Crippen molar-refractivity contribution in [2.45, 2.75) is 46.6 Å². The second-order valence-electron chi connectivity index (χ2n) is 5.63. The number of hydrogen-bond acceptors (Lipinski definition) is 3. The third kappa shape index (κ3) is 2.99. The first kappa shape index (κ1) is 15.3. The van der Waals surface area contributed by atoms with Gasteiger partial charge in [0.05, 0.1) is 6.10 Å². The molecule has 2 rings (SSSR count). The quantitative estimate of drug-likeness (QED) is 0.862. The number of aromatic nitrogens is 2. The van der Waals surface area contributed by atoms with Crippen molar-refractivity contribution in [2.75, 3.05) is 0 Å². The summed E-state index contributed by atoms with van der Waals surface area (Å²) in [6.45, 7) is 9.85. The molecule has 0 saturated heterocycles. The Labute approximate surface area is 125 Å². The fourth-order valence-corrected chi connectivity index (χ4v) is 2.21. The highest BCUT2D eigenvalue weighted by molar-refractivity contribution is 5.68. The summed E-state index contributed by atoms with van der Waals surface area (Å²) in [4.78, 5) is 17.0. The Balaban J connectivity index is 2.78. The van der Waals surface area contributed by atoms with Crippen LogP contribution in [-0.4, -0.2) is 15.5 Å². The van der Waals surface area contributed by atoms with Crippen LogP contribution in [0.25, 0.3) is 11.7 Å². The Kier molecular flexibility index (Phi) is 4.46. The van der Waals surface area contributed by atoms with Gasteiger partial charge in [-0.05, 0) is 32.8 Å². The molecule has 0 aliphatic carbocycles. The number of ether oxygens (including phenoxy) is 1. The second kappa shape index (κ2) is 6.12. The van der Waals surface area contributed by atoms with Gasteiger partial charge >= 0.3 is 0 Å². The minimum absolute atomic E-state index is 0.0156. The van der Waals surface area contributed by atoms with Crippen molar-refractivity contribution in [3.05, 3.63) is 46.0 Å². The Morgan fingerprint density at radius 3 is 2.57 bits per heavy atom. The molecule has 21 heavy (non-hydrogen) atoms. The molecule has 0 aliphatic heterocycles. The van der Waals surface area contributed by atoms with E-state index in [0.717, 1.165) is 5.56 Å². The third-order valence-electron chi connectivity index (χ3n) is 3.21. The highest BCUT2D eigenvalue weighted by atomic mass is 16.5. The summed E-state index contributed by atoms with van der Waals surface area (Å²) >= 11 is 0. The van der Waals surface area contributed by atoms with Crippen LogP contribution in [0.5, 0.6) is 5.75 Å². The first-order chi connectivity index (χ1) is 9.95. The zero-order chi connectivity index (χ0) is 15.6. The smallest absolute Gasteiger partial charge is 0.261 e. The number of nitrogens with zero attached hydrogens (tertiary/aromatic N) is 2. The molecule has 0 fully saturated rings. The van der Waals surface area contributed by atoms with Crippen LogP contribution in [0.1, 0.15) is 51.7 Å². The predicted octanol–water partition coefficient (Wildman–Crippen LogP) is 3.64. The molecule has 0 saturated carbocycles. The lowest BCUT2D eigenvalue weighted by Crippen LogP contribution is -2.21. The van der Waals surface area contributed by atoms with Gasteiger partial charge in [0.25, 0.3) is 5.56 Å². The lowest BCUT2D eigenvalue weighted by molar-refractivity contribution is 0.243. The normalized spacial score (nSPS) is 12.0. The molecule has 2 aromatic rings. The minimum Gasteiger partial charge on any atom is -0.486 e. The Morgan fingerprint density at radius 2 is 2.00 bits per heavy atom. The number of hydrogen-bond donors (Lipinski definition) is 0. The van der Waals surface area contributed by atoms with Gasteiger partial charge < -0.3 is 4.74 Å². The zero-order valence-electron chi connectivity index (χ0n) is 13.3. The number of rotatable bonds is 4. The molecular weight excluding hydrogens is 264 g/mol. The van der Waals surface area contributed by atoms with E-state index in [9.17, 15) is 4.79 Å². The summed E-state index contributed by atoms with van der Waals surface area (Å²) in [7, 11) is 0. The lowest BCUT2D eigenvalue weighted by Gasteiger charge is -2.16. The van der Waals surface area contributed by atoms with E-state index in [1.807, 2.05) is 52.8 Å². The molecule has 0 amide bonds. The summed E-state index contributed by atoms with van der Waals surface area (Å²) in [5.74, 6) is 0.796. The van der Waals surface area contributed by atoms with Crippen LogP contribution in [0.2, 0.25) is 0 Å². The van der Waals surface area contributed by atoms with E-state index >= 15 is 0 Å². The molecule has 112 valence electrons. The maximum Gasteiger partial charge on any atom is 0.261 e. The van der Waals surface area contributed by atoms with Gasteiger partial charge in [-0.1, -0.05) is 26.0 Å². The van der Waals surface area contributed by atoms with Crippen molar-refractivity contribution in [1.82, 2.24) is 9.38 Å². The van der Waals surface area contributed by atoms with E-state index in [-0.39, 0.29) is 17.6 Å². The molecule has 0 aromatic carbocycles. The molecule has 0 atom stereocenters. The average molecular weight is 286 g/mol. The molecule has 0 unspecified atom stereocenters. The van der Waals surface area contributed by atoms with Gasteiger partial charge in [0, 0.05) is 23.5 Å². The first-order valence-electron chi connectivity index (χ1n) is 7.29. The van der Waals surface area contributed by atoms with E-state index in [1.165, 1.54) is 0 Å². The lowest BCUT2D eigenvalue weighted by atomic mass is 10.1. The largest absolute Gasteiger partial charge is 0.486 e. The van der Waals surface area contributed by atoms with Crippen molar-refractivity contribution in [1.29, 1.82) is 0 Å². The summed E-state index contributed by atoms with van der Waals surface area (Å²) in [5, 5.41) is 0. The predicted molar refractivity (Wildman–Crippen MR) is 86.0 cm³/mol. The number of allylic oxidation sites excluding steroid dienone is 1. The van der Waals surface area contributed by atoms with Gasteiger partial charge in [-0.15, -0.1) is 0 Å². The van der Waals surface area contributed by atoms with Crippen molar-refractivity contribution >= 4 is 11.7 Å². The SMILES string of the molecule is C/C=C\c1ccn2c(=O)c(C(C)C)cnc2c1OC(C)C. The van der Waals surface area contributed by atoms with E-state index < -0.39 is 0 Å². The van der Waals surface area contributed by atoms with Crippen LogP contribution in [0.3, 0.4) is 0 Å². The second-order valence-corrected chi connectivity index (χ2v) is 5.63. The Bertz CT molecular complexity index is 727. The minimum atomic E-state index is -0.0318. The van der Waals surface area contributed by atoms with E-state index in [2.05, 4.69) is 4.98 Å². The summed E-state index contributed by atoms with van der Waals surface area (Å²) in [6.07, 6.45) is 7.34. The number of pyridine rings is 1. The van der Waals surface area contributed by atoms with E-state index in [0.29, 0.717) is 17.0 Å². The molecule has 2 aromatic heterocycles. The fraction of sp³-hybridized carbons (Fsp3) is 0.412. The molecule has 0 aliphatic rings. The summed E-state index contributed by atoms with van der Waals surface area (Å²) in [5.41, 5.74) is 2.17. The molecular formula is C17H22N2O2. The Hall–Kier alpha value is -2.10. The molecule has 0 spiro atoms.